The van der Waals surface area contributed by atoms with E-state index in [1.54, 1.807) is 13.8 Å². The van der Waals surface area contributed by atoms with Crippen LogP contribution < -0.4 is 5.73 Å². The molecule has 2 N–H and O–H groups in total. The molecular weight excluding hydrogens is 177 g/mol. The van der Waals surface area contributed by atoms with E-state index in [0.29, 0.717) is 16.8 Å². The largest absolute Gasteiger partial charge is 0.403 e. The Morgan fingerprint density at radius 2 is 1.86 bits per heavy atom. The lowest BCUT2D eigenvalue weighted by atomic mass is 10.0. The van der Waals surface area contributed by atoms with Crippen LogP contribution >= 0.6 is 0 Å². The van der Waals surface area contributed by atoms with Crippen LogP contribution in [0.3, 0.4) is 0 Å². The molecule has 0 aliphatic carbocycles. The summed E-state index contributed by atoms with van der Waals surface area (Å²) in [6.07, 6.45) is 1.59. The van der Waals surface area contributed by atoms with Crippen molar-refractivity contribution in [3.05, 3.63) is 46.9 Å². The average molecular weight is 193 g/mol. The molecule has 76 valence electrons. The van der Waals surface area contributed by atoms with Gasteiger partial charge in [0.15, 0.2) is 0 Å². The van der Waals surface area contributed by atoms with Crippen LogP contribution in [0.25, 0.3) is 0 Å². The highest BCUT2D eigenvalue weighted by molar-refractivity contribution is 5.30. The fourth-order valence-electron chi connectivity index (χ4n) is 1.48. The Bertz CT molecular complexity index is 332. The van der Waals surface area contributed by atoms with Crippen molar-refractivity contribution in [1.82, 2.24) is 0 Å². The van der Waals surface area contributed by atoms with Gasteiger partial charge in [0.05, 0.1) is 0 Å². The normalized spacial score (nSPS) is 10.2. The highest BCUT2D eigenvalue weighted by Gasteiger charge is 2.03. The van der Waals surface area contributed by atoms with Crippen LogP contribution in [0, 0.1) is 19.7 Å². The van der Waals surface area contributed by atoms with E-state index in [0.717, 1.165) is 18.4 Å². The minimum absolute atomic E-state index is 0.111. The zero-order chi connectivity index (χ0) is 10.7. The van der Waals surface area contributed by atoms with Crippen molar-refractivity contribution in [1.29, 1.82) is 0 Å². The number of halogens is 1. The Hall–Kier alpha value is -1.31. The van der Waals surface area contributed by atoms with Crippen molar-refractivity contribution in [2.24, 2.45) is 5.73 Å². The van der Waals surface area contributed by atoms with Crippen LogP contribution in [-0.2, 0) is 6.42 Å². The van der Waals surface area contributed by atoms with E-state index in [1.165, 1.54) is 0 Å². The van der Waals surface area contributed by atoms with Gasteiger partial charge in [-0.2, -0.15) is 0 Å². The van der Waals surface area contributed by atoms with Gasteiger partial charge in [0.25, 0.3) is 0 Å². The second kappa shape index (κ2) is 4.27. The Morgan fingerprint density at radius 1 is 1.36 bits per heavy atom. The first-order valence-electron chi connectivity index (χ1n) is 4.69. The molecule has 0 unspecified atom stereocenters. The maximum Gasteiger partial charge on any atom is 0.129 e. The quantitative estimate of drug-likeness (QED) is 0.784. The predicted octanol–water partition coefficient (Wildman–Crippen LogP) is 2.85. The van der Waals surface area contributed by atoms with E-state index < -0.39 is 0 Å². The van der Waals surface area contributed by atoms with Crippen LogP contribution in [0.5, 0.6) is 0 Å². The molecule has 0 atom stereocenters. The molecule has 14 heavy (non-hydrogen) atoms. The second-order valence-electron chi connectivity index (χ2n) is 3.70. The summed E-state index contributed by atoms with van der Waals surface area (Å²) in [5.74, 6) is -0.111. The van der Waals surface area contributed by atoms with E-state index in [2.05, 4.69) is 6.58 Å². The zero-order valence-corrected chi connectivity index (χ0v) is 8.73. The van der Waals surface area contributed by atoms with Gasteiger partial charge in [-0.25, -0.2) is 4.39 Å². The molecule has 1 aromatic carbocycles. The van der Waals surface area contributed by atoms with E-state index in [9.17, 15) is 4.39 Å². The SMILES string of the molecule is C=C(N)CCc1cc(C)c(F)c(C)c1. The Kier molecular flexibility index (Phi) is 3.28. The number of aryl methyl sites for hydroxylation is 3. The summed E-state index contributed by atoms with van der Waals surface area (Å²) >= 11 is 0. The summed E-state index contributed by atoms with van der Waals surface area (Å²) < 4.78 is 13.3. The molecule has 0 radical (unpaired) electrons. The van der Waals surface area contributed by atoms with E-state index in [4.69, 9.17) is 5.73 Å². The van der Waals surface area contributed by atoms with Gasteiger partial charge in [-0.3, -0.25) is 0 Å². The molecule has 1 nitrogen and oxygen atoms in total. The molecule has 0 amide bonds. The first-order valence-corrected chi connectivity index (χ1v) is 4.69. The summed E-state index contributed by atoms with van der Waals surface area (Å²) in [5.41, 5.74) is 8.66. The number of hydrogen-bond acceptors (Lipinski definition) is 1. The average Bonchev–Trinajstić information content (AvgIpc) is 2.10. The van der Waals surface area contributed by atoms with Crippen LogP contribution in [0.1, 0.15) is 23.1 Å². The Balaban J connectivity index is 2.84. The first-order chi connectivity index (χ1) is 6.50. The third-order valence-corrected chi connectivity index (χ3v) is 2.23. The maximum absolute atomic E-state index is 13.3. The molecule has 0 saturated carbocycles. The number of hydrogen-bond donors (Lipinski definition) is 1. The molecule has 0 fully saturated rings. The van der Waals surface area contributed by atoms with E-state index >= 15 is 0 Å². The fraction of sp³-hybridized carbons (Fsp3) is 0.333. The summed E-state index contributed by atoms with van der Waals surface area (Å²) in [4.78, 5) is 0. The van der Waals surface area contributed by atoms with Crippen molar-refractivity contribution < 1.29 is 4.39 Å². The molecule has 0 saturated heterocycles. The van der Waals surface area contributed by atoms with E-state index in [1.807, 2.05) is 12.1 Å². The number of rotatable bonds is 3. The molecule has 0 aliphatic heterocycles. The van der Waals surface area contributed by atoms with Crippen molar-refractivity contribution >= 4 is 0 Å². The topological polar surface area (TPSA) is 26.0 Å². The van der Waals surface area contributed by atoms with Crippen molar-refractivity contribution in [2.45, 2.75) is 26.7 Å². The highest BCUT2D eigenvalue weighted by atomic mass is 19.1. The maximum atomic E-state index is 13.3. The van der Waals surface area contributed by atoms with Gasteiger partial charge in [-0.15, -0.1) is 0 Å². The van der Waals surface area contributed by atoms with Crippen LogP contribution in [0.4, 0.5) is 4.39 Å². The summed E-state index contributed by atoms with van der Waals surface area (Å²) in [7, 11) is 0. The van der Waals surface area contributed by atoms with Crippen LogP contribution in [0.15, 0.2) is 24.4 Å². The third kappa shape index (κ3) is 2.59. The number of allylic oxidation sites excluding steroid dienone is 1. The smallest absolute Gasteiger partial charge is 0.129 e. The number of nitrogens with two attached hydrogens (primary N) is 1. The van der Waals surface area contributed by atoms with Gasteiger partial charge in [-0.05, 0) is 43.4 Å². The van der Waals surface area contributed by atoms with Crippen LogP contribution in [0.2, 0.25) is 0 Å². The predicted molar refractivity (Wildman–Crippen MR) is 57.5 cm³/mol. The van der Waals surface area contributed by atoms with Crippen LogP contribution in [-0.4, -0.2) is 0 Å². The lowest BCUT2D eigenvalue weighted by molar-refractivity contribution is 0.608. The minimum Gasteiger partial charge on any atom is -0.403 e. The Labute approximate surface area is 84.4 Å². The van der Waals surface area contributed by atoms with E-state index in [-0.39, 0.29) is 5.82 Å². The molecule has 0 aromatic heterocycles. The summed E-state index contributed by atoms with van der Waals surface area (Å²) in [6, 6.07) is 3.73. The lowest BCUT2D eigenvalue weighted by Gasteiger charge is -2.06. The molecule has 0 aliphatic rings. The minimum atomic E-state index is -0.111. The number of benzene rings is 1. The molecule has 1 aromatic rings. The standard InChI is InChI=1S/C12H16FN/c1-8-6-11(5-4-10(3)14)7-9(2)12(8)13/h6-7H,3-5,14H2,1-2H3. The van der Waals surface area contributed by atoms with Crippen molar-refractivity contribution in [3.8, 4) is 0 Å². The van der Waals surface area contributed by atoms with Gasteiger partial charge >= 0.3 is 0 Å². The molecule has 1 rings (SSSR count). The molecular formula is C12H16FN. The third-order valence-electron chi connectivity index (χ3n) is 2.23. The molecule has 0 spiro atoms. The van der Waals surface area contributed by atoms with Gasteiger partial charge < -0.3 is 5.73 Å². The fourth-order valence-corrected chi connectivity index (χ4v) is 1.48. The monoisotopic (exact) mass is 193 g/mol. The second-order valence-corrected chi connectivity index (χ2v) is 3.70. The van der Waals surface area contributed by atoms with Crippen molar-refractivity contribution in [3.63, 3.8) is 0 Å². The summed E-state index contributed by atoms with van der Waals surface area (Å²) in [5, 5.41) is 0. The van der Waals surface area contributed by atoms with Gasteiger partial charge in [0.2, 0.25) is 0 Å². The Morgan fingerprint density at radius 3 is 2.29 bits per heavy atom. The molecule has 2 heteroatoms. The van der Waals surface area contributed by atoms with Crippen molar-refractivity contribution in [2.75, 3.05) is 0 Å². The van der Waals surface area contributed by atoms with Gasteiger partial charge in [0.1, 0.15) is 5.82 Å². The molecule has 0 heterocycles. The molecule has 0 bridgehead atoms. The lowest BCUT2D eigenvalue weighted by Crippen LogP contribution is -1.98. The zero-order valence-electron chi connectivity index (χ0n) is 8.73. The summed E-state index contributed by atoms with van der Waals surface area (Å²) in [6.45, 7) is 7.20. The van der Waals surface area contributed by atoms with Gasteiger partial charge in [0, 0.05) is 5.70 Å². The first kappa shape index (κ1) is 10.8. The van der Waals surface area contributed by atoms with Gasteiger partial charge in [-0.1, -0.05) is 18.7 Å². The highest BCUT2D eigenvalue weighted by Crippen LogP contribution is 2.16.